The van der Waals surface area contributed by atoms with Crippen LogP contribution in [0.1, 0.15) is 35.3 Å². The highest BCUT2D eigenvalue weighted by molar-refractivity contribution is 6.04. The Balaban J connectivity index is 3.32. The summed E-state index contributed by atoms with van der Waals surface area (Å²) in [4.78, 5) is 12.2. The molecule has 0 bridgehead atoms. The van der Waals surface area contributed by atoms with Crippen LogP contribution in [0.2, 0.25) is 0 Å². The number of hydrogen-bond donors (Lipinski definition) is 4. The maximum Gasteiger partial charge on any atom is 0.194 e. The first-order valence-electron chi connectivity index (χ1n) is 6.23. The lowest BCUT2D eigenvalue weighted by atomic mass is 9.89. The van der Waals surface area contributed by atoms with Crippen LogP contribution in [0.5, 0.6) is 5.75 Å². The predicted molar refractivity (Wildman–Crippen MR) is 71.5 cm³/mol. The molecule has 0 amide bonds. The van der Waals surface area contributed by atoms with Gasteiger partial charge in [0, 0.05) is 5.56 Å². The molecule has 4 N–H and O–H groups in total. The van der Waals surface area contributed by atoms with Crippen LogP contribution in [0.3, 0.4) is 0 Å². The maximum absolute atomic E-state index is 12.2. The van der Waals surface area contributed by atoms with E-state index in [1.165, 1.54) is 26.0 Å². The van der Waals surface area contributed by atoms with Crippen molar-refractivity contribution in [1.29, 1.82) is 0 Å². The molecule has 0 spiro atoms. The molecule has 0 aliphatic heterocycles. The molecule has 0 aliphatic carbocycles. The van der Waals surface area contributed by atoms with Crippen LogP contribution >= 0.6 is 0 Å². The van der Waals surface area contributed by atoms with E-state index in [-0.39, 0.29) is 29.9 Å². The minimum Gasteiger partial charge on any atom is -0.491 e. The molecule has 1 aromatic carbocycles. The number of ether oxygens (including phenoxy) is 1. The van der Waals surface area contributed by atoms with Gasteiger partial charge in [0.2, 0.25) is 0 Å². The number of aliphatic hydroxyl groups excluding tert-OH is 3. The summed E-state index contributed by atoms with van der Waals surface area (Å²) in [5, 5.41) is 37.3. The topological polar surface area (TPSA) is 107 Å². The Morgan fingerprint density at radius 3 is 2.00 bits per heavy atom. The van der Waals surface area contributed by atoms with Crippen LogP contribution in [0.4, 0.5) is 0 Å². The summed E-state index contributed by atoms with van der Waals surface area (Å²) in [7, 11) is 0. The fourth-order valence-electron chi connectivity index (χ4n) is 1.83. The van der Waals surface area contributed by atoms with Crippen LogP contribution in [-0.4, -0.2) is 45.0 Å². The lowest BCUT2D eigenvalue weighted by molar-refractivity contribution is 0.0482. The van der Waals surface area contributed by atoms with Crippen LogP contribution in [0, 0.1) is 0 Å². The number of ketones is 1. The zero-order chi connectivity index (χ0) is 15.3. The molecule has 0 aliphatic rings. The number of carbonyl (C=O) groups excluding carboxylic acids is 1. The molecular formula is C14H20O6. The summed E-state index contributed by atoms with van der Waals surface area (Å²) < 4.78 is 5.21. The molecule has 1 rings (SSSR count). The second kappa shape index (κ2) is 6.81. The minimum absolute atomic E-state index is 0.0640. The van der Waals surface area contributed by atoms with Gasteiger partial charge in [0.1, 0.15) is 18.0 Å². The molecular weight excluding hydrogens is 264 g/mol. The van der Waals surface area contributed by atoms with E-state index in [0.29, 0.717) is 5.75 Å². The molecule has 0 atom stereocenters. The molecule has 112 valence electrons. The average Bonchev–Trinajstić information content (AvgIpc) is 2.41. The van der Waals surface area contributed by atoms with Crippen molar-refractivity contribution in [2.75, 3.05) is 13.2 Å². The first-order valence-corrected chi connectivity index (χ1v) is 6.23. The van der Waals surface area contributed by atoms with Gasteiger partial charge in [-0.1, -0.05) is 0 Å². The van der Waals surface area contributed by atoms with Gasteiger partial charge < -0.3 is 25.2 Å². The number of carbonyl (C=O) groups is 1. The maximum atomic E-state index is 12.2. The molecule has 20 heavy (non-hydrogen) atoms. The van der Waals surface area contributed by atoms with Gasteiger partial charge in [0.25, 0.3) is 0 Å². The minimum atomic E-state index is -1.61. The summed E-state index contributed by atoms with van der Waals surface area (Å²) in [6.45, 7) is 1.71. The summed E-state index contributed by atoms with van der Waals surface area (Å²) >= 11 is 0. The highest BCUT2D eigenvalue weighted by Gasteiger charge is 2.29. The van der Waals surface area contributed by atoms with Crippen molar-refractivity contribution in [3.8, 4) is 5.75 Å². The van der Waals surface area contributed by atoms with Crippen molar-refractivity contribution < 1.29 is 30.0 Å². The Hall–Kier alpha value is -1.47. The van der Waals surface area contributed by atoms with Crippen LogP contribution < -0.4 is 4.74 Å². The molecule has 0 unspecified atom stereocenters. The molecule has 1 aromatic rings. The van der Waals surface area contributed by atoms with Gasteiger partial charge in [-0.05, 0) is 37.1 Å². The third kappa shape index (κ3) is 3.77. The van der Waals surface area contributed by atoms with Gasteiger partial charge in [-0.3, -0.25) is 4.79 Å². The lowest BCUT2D eigenvalue weighted by Crippen LogP contribution is -2.33. The third-order valence-corrected chi connectivity index (χ3v) is 2.76. The predicted octanol–water partition coefficient (Wildman–Crippen LogP) is -0.00410. The molecule has 6 heteroatoms. The Labute approximate surface area is 117 Å². The number of rotatable bonds is 7. The van der Waals surface area contributed by atoms with E-state index >= 15 is 0 Å². The van der Waals surface area contributed by atoms with E-state index in [1.807, 2.05) is 0 Å². The van der Waals surface area contributed by atoms with Crippen molar-refractivity contribution in [3.63, 3.8) is 0 Å². The zero-order valence-corrected chi connectivity index (χ0v) is 11.6. The standard InChI is InChI=1S/C14H20O6/c1-14(2,19)13(18)12-9(7-16)5-11(20-4-3-15)6-10(12)8-17/h5-6,15-17,19H,3-4,7-8H2,1-2H3. The van der Waals surface area contributed by atoms with Crippen molar-refractivity contribution in [1.82, 2.24) is 0 Å². The highest BCUT2D eigenvalue weighted by Crippen LogP contribution is 2.27. The van der Waals surface area contributed by atoms with E-state index in [1.54, 1.807) is 0 Å². The van der Waals surface area contributed by atoms with Crippen LogP contribution in [-0.2, 0) is 13.2 Å². The SMILES string of the molecule is CC(C)(O)C(=O)c1c(CO)cc(OCCO)cc1CO. The van der Waals surface area contributed by atoms with E-state index in [0.717, 1.165) is 0 Å². The van der Waals surface area contributed by atoms with Crippen LogP contribution in [0.15, 0.2) is 12.1 Å². The molecule has 0 aromatic heterocycles. The quantitative estimate of drug-likeness (QED) is 0.525. The van der Waals surface area contributed by atoms with Crippen molar-refractivity contribution in [3.05, 3.63) is 28.8 Å². The number of benzene rings is 1. The number of Topliss-reactive ketones (excluding diaryl/α,β-unsaturated/α-hetero) is 1. The largest absolute Gasteiger partial charge is 0.491 e. The first kappa shape index (κ1) is 16.6. The molecule has 6 nitrogen and oxygen atoms in total. The van der Waals surface area contributed by atoms with Gasteiger partial charge in [0.15, 0.2) is 5.78 Å². The highest BCUT2D eigenvalue weighted by atomic mass is 16.5. The Kier molecular flexibility index (Phi) is 5.64. The first-order chi connectivity index (χ1) is 9.35. The Morgan fingerprint density at radius 2 is 1.65 bits per heavy atom. The summed E-state index contributed by atoms with van der Waals surface area (Å²) in [5.41, 5.74) is -0.992. The third-order valence-electron chi connectivity index (χ3n) is 2.76. The van der Waals surface area contributed by atoms with Crippen molar-refractivity contribution >= 4 is 5.78 Å². The molecule has 0 saturated heterocycles. The zero-order valence-electron chi connectivity index (χ0n) is 11.6. The van der Waals surface area contributed by atoms with Gasteiger partial charge in [-0.2, -0.15) is 0 Å². The fraction of sp³-hybridized carbons (Fsp3) is 0.500. The van der Waals surface area contributed by atoms with Crippen molar-refractivity contribution in [2.24, 2.45) is 0 Å². The smallest absolute Gasteiger partial charge is 0.194 e. The number of aliphatic hydroxyl groups is 4. The molecule has 0 heterocycles. The van der Waals surface area contributed by atoms with E-state index in [4.69, 9.17) is 9.84 Å². The monoisotopic (exact) mass is 284 g/mol. The van der Waals surface area contributed by atoms with E-state index in [2.05, 4.69) is 0 Å². The summed E-state index contributed by atoms with van der Waals surface area (Å²) in [6.07, 6.45) is 0. The van der Waals surface area contributed by atoms with E-state index in [9.17, 15) is 20.1 Å². The second-order valence-corrected chi connectivity index (χ2v) is 4.89. The Bertz CT molecular complexity index is 450. The van der Waals surface area contributed by atoms with Crippen LogP contribution in [0.25, 0.3) is 0 Å². The second-order valence-electron chi connectivity index (χ2n) is 4.89. The van der Waals surface area contributed by atoms with Gasteiger partial charge in [0.05, 0.1) is 19.8 Å². The van der Waals surface area contributed by atoms with Gasteiger partial charge in [-0.25, -0.2) is 0 Å². The normalized spacial score (nSPS) is 11.5. The molecule has 0 radical (unpaired) electrons. The summed E-state index contributed by atoms with van der Waals surface area (Å²) in [5.74, 6) is -0.251. The van der Waals surface area contributed by atoms with Gasteiger partial charge in [-0.15, -0.1) is 0 Å². The average molecular weight is 284 g/mol. The lowest BCUT2D eigenvalue weighted by Gasteiger charge is -2.21. The van der Waals surface area contributed by atoms with Crippen molar-refractivity contribution in [2.45, 2.75) is 32.7 Å². The summed E-state index contributed by atoms with van der Waals surface area (Å²) in [6, 6.07) is 2.90. The molecule has 0 fully saturated rings. The van der Waals surface area contributed by atoms with Gasteiger partial charge >= 0.3 is 0 Å². The molecule has 0 saturated carbocycles. The van der Waals surface area contributed by atoms with E-state index < -0.39 is 24.6 Å². The number of hydrogen-bond acceptors (Lipinski definition) is 6. The Morgan fingerprint density at radius 1 is 1.15 bits per heavy atom. The fourth-order valence-corrected chi connectivity index (χ4v) is 1.83.